The van der Waals surface area contributed by atoms with Gasteiger partial charge < -0.3 is 15.7 Å². The number of benzene rings is 2. The number of carbonyl (C=O) groups is 2. The second-order valence-corrected chi connectivity index (χ2v) is 6.05. The average molecular weight is 336 g/mol. The second-order valence-electron chi connectivity index (χ2n) is 6.05. The van der Waals surface area contributed by atoms with Crippen molar-refractivity contribution in [2.75, 3.05) is 10.6 Å². The molecule has 0 fully saturated rings. The first-order chi connectivity index (χ1) is 12.1. The highest BCUT2D eigenvalue weighted by atomic mass is 16.4. The summed E-state index contributed by atoms with van der Waals surface area (Å²) in [6, 6.07) is 17.2. The highest BCUT2D eigenvalue weighted by molar-refractivity contribution is 5.95. The van der Waals surface area contributed by atoms with Gasteiger partial charge in [0.2, 0.25) is 5.91 Å². The Labute approximate surface area is 146 Å². The van der Waals surface area contributed by atoms with E-state index in [1.54, 1.807) is 12.1 Å². The summed E-state index contributed by atoms with van der Waals surface area (Å²) < 4.78 is 0. The second kappa shape index (κ2) is 7.66. The van der Waals surface area contributed by atoms with E-state index < -0.39 is 17.8 Å². The van der Waals surface area contributed by atoms with Crippen LogP contribution in [-0.4, -0.2) is 17.0 Å². The Balaban J connectivity index is 1.63. The molecule has 0 saturated heterocycles. The van der Waals surface area contributed by atoms with Crippen LogP contribution in [0.2, 0.25) is 0 Å². The first-order valence-corrected chi connectivity index (χ1v) is 8.24. The number of aliphatic carboxylic acids is 1. The van der Waals surface area contributed by atoms with Crippen LogP contribution in [-0.2, 0) is 9.59 Å². The van der Waals surface area contributed by atoms with Crippen molar-refractivity contribution in [3.05, 3.63) is 66.7 Å². The SMILES string of the molecule is O=C(Nc1ccc(Nc2ccccc2)cc1)[C@H]1CC=CC[C@H]1C(=O)O. The smallest absolute Gasteiger partial charge is 0.307 e. The molecule has 1 amide bonds. The fourth-order valence-electron chi connectivity index (χ4n) is 2.94. The van der Waals surface area contributed by atoms with Crippen LogP contribution in [0, 0.1) is 11.8 Å². The van der Waals surface area contributed by atoms with E-state index in [9.17, 15) is 14.7 Å². The van der Waals surface area contributed by atoms with Crippen molar-refractivity contribution in [3.63, 3.8) is 0 Å². The summed E-state index contributed by atoms with van der Waals surface area (Å²) in [6.07, 6.45) is 4.55. The van der Waals surface area contributed by atoms with Crippen LogP contribution in [0.4, 0.5) is 17.1 Å². The summed E-state index contributed by atoms with van der Waals surface area (Å²) >= 11 is 0. The Kier molecular flexibility index (Phi) is 5.14. The third-order valence-electron chi connectivity index (χ3n) is 4.30. The number of carbonyl (C=O) groups excluding carboxylic acids is 1. The summed E-state index contributed by atoms with van der Waals surface area (Å²) in [6.45, 7) is 0. The molecule has 3 N–H and O–H groups in total. The number of para-hydroxylation sites is 1. The molecule has 5 heteroatoms. The molecule has 0 bridgehead atoms. The van der Waals surface area contributed by atoms with Gasteiger partial charge in [-0.05, 0) is 49.2 Å². The van der Waals surface area contributed by atoms with Crippen molar-refractivity contribution in [2.24, 2.45) is 11.8 Å². The number of hydrogen-bond donors (Lipinski definition) is 3. The van der Waals surface area contributed by atoms with E-state index in [4.69, 9.17) is 0 Å². The largest absolute Gasteiger partial charge is 0.481 e. The summed E-state index contributed by atoms with van der Waals surface area (Å²) in [5.74, 6) is -2.37. The summed E-state index contributed by atoms with van der Waals surface area (Å²) in [4.78, 5) is 23.8. The van der Waals surface area contributed by atoms with Crippen molar-refractivity contribution in [1.82, 2.24) is 0 Å². The van der Waals surface area contributed by atoms with Gasteiger partial charge in [0.1, 0.15) is 0 Å². The quantitative estimate of drug-likeness (QED) is 0.720. The maximum atomic E-state index is 12.4. The number of carboxylic acid groups (broad SMARTS) is 1. The summed E-state index contributed by atoms with van der Waals surface area (Å²) in [5, 5.41) is 15.4. The van der Waals surface area contributed by atoms with Crippen molar-refractivity contribution in [2.45, 2.75) is 12.8 Å². The molecule has 0 radical (unpaired) electrons. The molecule has 0 saturated carbocycles. The Morgan fingerprint density at radius 1 is 0.800 bits per heavy atom. The van der Waals surface area contributed by atoms with E-state index in [1.165, 1.54) is 0 Å². The van der Waals surface area contributed by atoms with Gasteiger partial charge in [0.15, 0.2) is 0 Å². The molecule has 1 aliphatic rings. The Bertz CT molecular complexity index is 769. The minimum Gasteiger partial charge on any atom is -0.481 e. The third kappa shape index (κ3) is 4.26. The first-order valence-electron chi connectivity index (χ1n) is 8.24. The molecule has 128 valence electrons. The molecule has 2 aromatic carbocycles. The van der Waals surface area contributed by atoms with E-state index in [1.807, 2.05) is 54.6 Å². The zero-order valence-electron chi connectivity index (χ0n) is 13.7. The van der Waals surface area contributed by atoms with E-state index in [2.05, 4.69) is 10.6 Å². The predicted molar refractivity (Wildman–Crippen MR) is 97.8 cm³/mol. The van der Waals surface area contributed by atoms with Crippen LogP contribution in [0.5, 0.6) is 0 Å². The number of hydrogen-bond acceptors (Lipinski definition) is 3. The Hall–Kier alpha value is -3.08. The van der Waals surface area contributed by atoms with E-state index >= 15 is 0 Å². The van der Waals surface area contributed by atoms with E-state index in [0.717, 1.165) is 11.4 Å². The minimum atomic E-state index is -0.924. The number of amides is 1. The molecule has 0 aliphatic heterocycles. The molecule has 0 unspecified atom stereocenters. The van der Waals surface area contributed by atoms with Gasteiger partial charge in [-0.15, -0.1) is 0 Å². The summed E-state index contributed by atoms with van der Waals surface area (Å²) in [5.41, 5.74) is 2.55. The topological polar surface area (TPSA) is 78.4 Å². The van der Waals surface area contributed by atoms with Crippen molar-refractivity contribution in [1.29, 1.82) is 0 Å². The highest BCUT2D eigenvalue weighted by Gasteiger charge is 2.33. The van der Waals surface area contributed by atoms with Gasteiger partial charge in [-0.1, -0.05) is 30.4 Å². The lowest BCUT2D eigenvalue weighted by molar-refractivity contribution is -0.146. The van der Waals surface area contributed by atoms with Gasteiger partial charge in [0, 0.05) is 17.1 Å². The molecule has 0 heterocycles. The van der Waals surface area contributed by atoms with Gasteiger partial charge in [0.05, 0.1) is 11.8 Å². The molecular formula is C20H20N2O3. The van der Waals surface area contributed by atoms with Crippen LogP contribution in [0.15, 0.2) is 66.7 Å². The zero-order chi connectivity index (χ0) is 17.6. The molecule has 2 aromatic rings. The molecule has 1 aliphatic carbocycles. The molecule has 0 aromatic heterocycles. The van der Waals surface area contributed by atoms with Crippen LogP contribution < -0.4 is 10.6 Å². The third-order valence-corrected chi connectivity index (χ3v) is 4.30. The van der Waals surface area contributed by atoms with Crippen LogP contribution >= 0.6 is 0 Å². The highest BCUT2D eigenvalue weighted by Crippen LogP contribution is 2.27. The van der Waals surface area contributed by atoms with Gasteiger partial charge >= 0.3 is 5.97 Å². The van der Waals surface area contributed by atoms with Gasteiger partial charge in [-0.2, -0.15) is 0 Å². The molecule has 3 rings (SSSR count). The molecule has 2 atom stereocenters. The lowest BCUT2D eigenvalue weighted by Crippen LogP contribution is -2.34. The number of anilines is 3. The lowest BCUT2D eigenvalue weighted by Gasteiger charge is -2.24. The maximum Gasteiger partial charge on any atom is 0.307 e. The lowest BCUT2D eigenvalue weighted by atomic mass is 9.82. The predicted octanol–water partition coefficient (Wildman–Crippen LogP) is 4.04. The van der Waals surface area contributed by atoms with Crippen molar-refractivity contribution in [3.8, 4) is 0 Å². The standard InChI is InChI=1S/C20H20N2O3/c23-19(17-8-4-5-9-18(17)20(24)25)22-16-12-10-15(11-13-16)21-14-6-2-1-3-7-14/h1-7,10-13,17-18,21H,8-9H2,(H,22,23)(H,24,25)/t17-,18+/m0/s1. The molecule has 5 nitrogen and oxygen atoms in total. The van der Waals surface area contributed by atoms with Crippen molar-refractivity contribution >= 4 is 28.9 Å². The Morgan fingerprint density at radius 2 is 1.36 bits per heavy atom. The number of carboxylic acids is 1. The van der Waals surface area contributed by atoms with Gasteiger partial charge in [-0.3, -0.25) is 9.59 Å². The van der Waals surface area contributed by atoms with Crippen molar-refractivity contribution < 1.29 is 14.7 Å². The minimum absolute atomic E-state index is 0.250. The average Bonchev–Trinajstić information content (AvgIpc) is 2.64. The van der Waals surface area contributed by atoms with Crippen LogP contribution in [0.1, 0.15) is 12.8 Å². The first kappa shape index (κ1) is 16.8. The fourth-order valence-corrected chi connectivity index (χ4v) is 2.94. The number of nitrogens with one attached hydrogen (secondary N) is 2. The monoisotopic (exact) mass is 336 g/mol. The van der Waals surface area contributed by atoms with E-state index in [-0.39, 0.29) is 5.91 Å². The van der Waals surface area contributed by atoms with Gasteiger partial charge in [0.25, 0.3) is 0 Å². The number of allylic oxidation sites excluding steroid dienone is 2. The molecule has 25 heavy (non-hydrogen) atoms. The van der Waals surface area contributed by atoms with Crippen LogP contribution in [0.3, 0.4) is 0 Å². The zero-order valence-corrected chi connectivity index (χ0v) is 13.7. The fraction of sp³-hybridized carbons (Fsp3) is 0.200. The van der Waals surface area contributed by atoms with Crippen LogP contribution in [0.25, 0.3) is 0 Å². The van der Waals surface area contributed by atoms with Gasteiger partial charge in [-0.25, -0.2) is 0 Å². The molecule has 0 spiro atoms. The summed E-state index contributed by atoms with van der Waals surface area (Å²) in [7, 11) is 0. The number of rotatable bonds is 5. The maximum absolute atomic E-state index is 12.4. The molecular weight excluding hydrogens is 316 g/mol. The Morgan fingerprint density at radius 3 is 2.00 bits per heavy atom. The normalized spacial score (nSPS) is 19.2. The van der Waals surface area contributed by atoms with E-state index in [0.29, 0.717) is 18.5 Å².